The summed E-state index contributed by atoms with van der Waals surface area (Å²) in [6.07, 6.45) is 3.28. The Labute approximate surface area is 133 Å². The van der Waals surface area contributed by atoms with Crippen LogP contribution in [0.5, 0.6) is 0 Å². The molecule has 2 aliphatic rings. The normalized spacial score (nSPS) is 27.4. The zero-order chi connectivity index (χ0) is 16.4. The van der Waals surface area contributed by atoms with Gasteiger partial charge in [0.15, 0.2) is 0 Å². The van der Waals surface area contributed by atoms with Crippen molar-refractivity contribution in [3.05, 3.63) is 35.6 Å². The first-order chi connectivity index (χ1) is 11.0. The lowest BCUT2D eigenvalue weighted by Gasteiger charge is -2.27. The van der Waals surface area contributed by atoms with Gasteiger partial charge in [-0.3, -0.25) is 9.59 Å². The number of nitrogens with one attached hydrogen (secondary N) is 1. The molecule has 1 saturated heterocycles. The molecule has 0 spiro atoms. The largest absolute Gasteiger partial charge is 0.481 e. The molecule has 1 amide bonds. The van der Waals surface area contributed by atoms with Crippen molar-refractivity contribution in [3.8, 4) is 0 Å². The Morgan fingerprint density at radius 2 is 2.09 bits per heavy atom. The van der Waals surface area contributed by atoms with Crippen LogP contribution in [-0.4, -0.2) is 36.2 Å². The van der Waals surface area contributed by atoms with E-state index in [9.17, 15) is 19.1 Å². The number of carboxylic acids is 1. The molecule has 1 unspecified atom stereocenters. The highest BCUT2D eigenvalue weighted by atomic mass is 19.1. The number of carboxylic acid groups (broad SMARTS) is 1. The monoisotopic (exact) mass is 321 g/mol. The first-order valence-electron chi connectivity index (χ1n) is 7.91. The molecule has 1 aromatic carbocycles. The van der Waals surface area contributed by atoms with E-state index in [-0.39, 0.29) is 18.6 Å². The van der Waals surface area contributed by atoms with E-state index in [0.29, 0.717) is 18.6 Å². The number of ether oxygens (including phenoxy) is 1. The molecule has 1 aromatic rings. The summed E-state index contributed by atoms with van der Waals surface area (Å²) in [6.45, 7) is 0.576. The van der Waals surface area contributed by atoms with Crippen LogP contribution in [-0.2, 0) is 14.3 Å². The van der Waals surface area contributed by atoms with Crippen molar-refractivity contribution >= 4 is 11.9 Å². The summed E-state index contributed by atoms with van der Waals surface area (Å²) < 4.78 is 18.6. The van der Waals surface area contributed by atoms with E-state index in [1.54, 1.807) is 0 Å². The fraction of sp³-hybridized carbons (Fsp3) is 0.529. The van der Waals surface area contributed by atoms with Crippen LogP contribution < -0.4 is 5.32 Å². The molecule has 1 aliphatic carbocycles. The summed E-state index contributed by atoms with van der Waals surface area (Å²) in [5.74, 6) is -2.47. The molecule has 5 nitrogen and oxygen atoms in total. The number of rotatable bonds is 5. The molecular weight excluding hydrogens is 301 g/mol. The lowest BCUT2D eigenvalue weighted by Crippen LogP contribution is -2.45. The maximum Gasteiger partial charge on any atom is 0.312 e. The van der Waals surface area contributed by atoms with Crippen LogP contribution in [0.15, 0.2) is 24.3 Å². The Morgan fingerprint density at radius 3 is 2.78 bits per heavy atom. The Bertz CT molecular complexity index is 591. The fourth-order valence-corrected chi connectivity index (χ4v) is 3.74. The van der Waals surface area contributed by atoms with Gasteiger partial charge in [0, 0.05) is 13.2 Å². The Balaban J connectivity index is 1.68. The van der Waals surface area contributed by atoms with E-state index < -0.39 is 23.1 Å². The summed E-state index contributed by atoms with van der Waals surface area (Å²) in [7, 11) is 0. The number of halogens is 1. The second-order valence-corrected chi connectivity index (χ2v) is 6.31. The van der Waals surface area contributed by atoms with E-state index in [4.69, 9.17) is 4.74 Å². The Hall–Kier alpha value is -1.95. The topological polar surface area (TPSA) is 75.6 Å². The minimum Gasteiger partial charge on any atom is -0.481 e. The van der Waals surface area contributed by atoms with Crippen molar-refractivity contribution in [1.82, 2.24) is 5.32 Å². The van der Waals surface area contributed by atoms with Crippen LogP contribution in [0, 0.1) is 11.2 Å². The molecular formula is C17H20FNO4. The van der Waals surface area contributed by atoms with Gasteiger partial charge in [0.25, 0.3) is 0 Å². The van der Waals surface area contributed by atoms with Gasteiger partial charge in [-0.25, -0.2) is 4.39 Å². The Kier molecular flexibility index (Phi) is 4.35. The van der Waals surface area contributed by atoms with Gasteiger partial charge in [0.05, 0.1) is 17.4 Å². The van der Waals surface area contributed by atoms with Crippen LogP contribution in [0.1, 0.15) is 37.2 Å². The summed E-state index contributed by atoms with van der Waals surface area (Å²) in [5.41, 5.74) is -0.0198. The van der Waals surface area contributed by atoms with Crippen LogP contribution in [0.3, 0.4) is 0 Å². The molecule has 1 saturated carbocycles. The second kappa shape index (κ2) is 6.28. The molecule has 3 atom stereocenters. The van der Waals surface area contributed by atoms with Crippen molar-refractivity contribution in [2.24, 2.45) is 5.41 Å². The van der Waals surface area contributed by atoms with Gasteiger partial charge in [-0.2, -0.15) is 0 Å². The molecule has 0 aromatic heterocycles. The van der Waals surface area contributed by atoms with Crippen molar-refractivity contribution in [1.29, 1.82) is 0 Å². The van der Waals surface area contributed by atoms with Crippen molar-refractivity contribution < 1.29 is 23.8 Å². The first kappa shape index (κ1) is 15.9. The smallest absolute Gasteiger partial charge is 0.312 e. The lowest BCUT2D eigenvalue weighted by atomic mass is 9.81. The second-order valence-electron chi connectivity index (χ2n) is 6.31. The van der Waals surface area contributed by atoms with Gasteiger partial charge in [-0.1, -0.05) is 12.1 Å². The van der Waals surface area contributed by atoms with Gasteiger partial charge in [0.2, 0.25) is 5.91 Å². The maximum absolute atomic E-state index is 13.0. The summed E-state index contributed by atoms with van der Waals surface area (Å²) >= 11 is 0. The van der Waals surface area contributed by atoms with Crippen LogP contribution in [0.2, 0.25) is 0 Å². The average molecular weight is 321 g/mol. The van der Waals surface area contributed by atoms with E-state index in [0.717, 1.165) is 19.3 Å². The first-order valence-corrected chi connectivity index (χ1v) is 7.91. The summed E-state index contributed by atoms with van der Waals surface area (Å²) in [6, 6.07) is 5.33. The predicted octanol–water partition coefficient (Wildman–Crippen LogP) is 2.07. The Morgan fingerprint density at radius 1 is 1.35 bits per heavy atom. The molecule has 3 rings (SSSR count). The molecule has 124 valence electrons. The fourth-order valence-electron chi connectivity index (χ4n) is 3.74. The number of benzene rings is 1. The highest BCUT2D eigenvalue weighted by Crippen LogP contribution is 2.47. The summed E-state index contributed by atoms with van der Waals surface area (Å²) in [4.78, 5) is 24.1. The van der Waals surface area contributed by atoms with Crippen molar-refractivity contribution in [2.45, 2.75) is 37.7 Å². The molecule has 23 heavy (non-hydrogen) atoms. The maximum atomic E-state index is 13.0. The molecule has 2 N–H and O–H groups in total. The SMILES string of the molecule is O=C(O)C(CNC(=O)[C@]12CCC[C@H]1OCC2)c1ccc(F)cc1. The molecule has 0 radical (unpaired) electrons. The predicted molar refractivity (Wildman–Crippen MR) is 80.4 cm³/mol. The van der Waals surface area contributed by atoms with Gasteiger partial charge >= 0.3 is 5.97 Å². The van der Waals surface area contributed by atoms with Gasteiger partial charge < -0.3 is 15.2 Å². The third-order valence-electron chi connectivity index (χ3n) is 5.06. The standard InChI is InChI=1S/C17H20FNO4/c18-12-5-3-11(4-6-12)13(15(20)21)10-19-16(22)17-7-1-2-14(17)23-9-8-17/h3-6,13-14H,1-2,7-10H2,(H,19,22)(H,20,21)/t13?,14-,17+/m1/s1. The van der Waals surface area contributed by atoms with Crippen molar-refractivity contribution in [2.75, 3.05) is 13.2 Å². The quantitative estimate of drug-likeness (QED) is 0.870. The molecule has 0 bridgehead atoms. The van der Waals surface area contributed by atoms with Crippen LogP contribution >= 0.6 is 0 Å². The van der Waals surface area contributed by atoms with Crippen LogP contribution in [0.25, 0.3) is 0 Å². The number of carbonyl (C=O) groups excluding carboxylic acids is 1. The minimum absolute atomic E-state index is 0.00569. The number of aliphatic carboxylic acids is 1. The van der Waals surface area contributed by atoms with Gasteiger partial charge in [-0.15, -0.1) is 0 Å². The van der Waals surface area contributed by atoms with E-state index in [1.165, 1.54) is 24.3 Å². The summed E-state index contributed by atoms with van der Waals surface area (Å²) in [5, 5.41) is 12.2. The molecule has 2 fully saturated rings. The number of hydrogen-bond donors (Lipinski definition) is 2. The van der Waals surface area contributed by atoms with Gasteiger partial charge in [0.1, 0.15) is 5.82 Å². The number of amides is 1. The zero-order valence-electron chi connectivity index (χ0n) is 12.8. The number of hydrogen-bond acceptors (Lipinski definition) is 3. The third-order valence-corrected chi connectivity index (χ3v) is 5.06. The van der Waals surface area contributed by atoms with Gasteiger partial charge in [-0.05, 0) is 43.4 Å². The average Bonchev–Trinajstić information content (AvgIpc) is 3.09. The van der Waals surface area contributed by atoms with Crippen LogP contribution in [0.4, 0.5) is 4.39 Å². The zero-order valence-corrected chi connectivity index (χ0v) is 12.8. The molecule has 6 heteroatoms. The number of fused-ring (bicyclic) bond motifs is 1. The highest BCUT2D eigenvalue weighted by molar-refractivity contribution is 5.85. The molecule has 1 aliphatic heterocycles. The van der Waals surface area contributed by atoms with E-state index in [2.05, 4.69) is 5.32 Å². The third kappa shape index (κ3) is 2.95. The van der Waals surface area contributed by atoms with Crippen molar-refractivity contribution in [3.63, 3.8) is 0 Å². The molecule has 1 heterocycles. The van der Waals surface area contributed by atoms with E-state index >= 15 is 0 Å². The minimum atomic E-state index is -1.04. The highest BCUT2D eigenvalue weighted by Gasteiger charge is 2.52. The lowest BCUT2D eigenvalue weighted by molar-refractivity contribution is -0.139. The van der Waals surface area contributed by atoms with E-state index in [1.807, 2.05) is 0 Å². The number of carbonyl (C=O) groups is 2.